The molecule has 0 bridgehead atoms. The van der Waals surface area contributed by atoms with Gasteiger partial charge in [-0.1, -0.05) is 0 Å². The number of carbonyl (C=O) groups is 1. The molecule has 1 aliphatic rings. The molecule has 0 unspecified atom stereocenters. The van der Waals surface area contributed by atoms with E-state index >= 15 is 0 Å². The molecule has 0 spiro atoms. The van der Waals surface area contributed by atoms with Crippen molar-refractivity contribution in [1.82, 2.24) is 14.9 Å². The third-order valence-corrected chi connectivity index (χ3v) is 4.25. The summed E-state index contributed by atoms with van der Waals surface area (Å²) < 4.78 is 5.71. The van der Waals surface area contributed by atoms with Crippen molar-refractivity contribution in [3.05, 3.63) is 24.0 Å². The molecule has 1 fully saturated rings. The molecule has 0 aliphatic carbocycles. The van der Waals surface area contributed by atoms with Crippen LogP contribution in [0.1, 0.15) is 18.4 Å². The van der Waals surface area contributed by atoms with E-state index in [4.69, 9.17) is 4.74 Å². The van der Waals surface area contributed by atoms with E-state index in [2.05, 4.69) is 27.2 Å². The van der Waals surface area contributed by atoms with Crippen molar-refractivity contribution in [3.63, 3.8) is 0 Å². The van der Waals surface area contributed by atoms with Crippen molar-refractivity contribution >= 4 is 22.6 Å². The maximum Gasteiger partial charge on any atom is 0.250 e. The Morgan fingerprint density at radius 1 is 1.50 bits per heavy atom. The maximum absolute atomic E-state index is 12.1. The summed E-state index contributed by atoms with van der Waals surface area (Å²) in [7, 11) is 2.11. The van der Waals surface area contributed by atoms with E-state index in [1.807, 2.05) is 19.2 Å². The van der Waals surface area contributed by atoms with Crippen LogP contribution in [0.15, 0.2) is 18.5 Å². The Bertz CT molecular complexity index is 659. The number of hydrogen-bond acceptors (Lipinski definition) is 4. The van der Waals surface area contributed by atoms with Crippen molar-refractivity contribution in [2.24, 2.45) is 0 Å². The Morgan fingerprint density at radius 2 is 2.27 bits per heavy atom. The minimum Gasteiger partial charge on any atom is -0.368 e. The fraction of sp³-hybridized carbons (Fsp3) is 0.500. The number of fused-ring (bicyclic) bond motifs is 1. The number of nitrogens with one attached hydrogen (secondary N) is 2. The number of aromatic amines is 1. The van der Waals surface area contributed by atoms with Gasteiger partial charge in [0.2, 0.25) is 5.91 Å². The Labute approximate surface area is 129 Å². The van der Waals surface area contributed by atoms with Crippen molar-refractivity contribution in [2.75, 3.05) is 32.1 Å². The highest BCUT2D eigenvalue weighted by molar-refractivity contribution is 5.95. The quantitative estimate of drug-likeness (QED) is 0.905. The lowest BCUT2D eigenvalue weighted by molar-refractivity contribution is -0.123. The number of H-pyrrole nitrogens is 1. The number of aryl methyl sites for hydroxylation is 1. The number of ether oxygens (including phenoxy) is 1. The van der Waals surface area contributed by atoms with Gasteiger partial charge in [0.05, 0.1) is 18.0 Å². The molecule has 22 heavy (non-hydrogen) atoms. The van der Waals surface area contributed by atoms with Gasteiger partial charge in [0, 0.05) is 24.7 Å². The molecular formula is C16H22N4O2. The maximum atomic E-state index is 12.1. The van der Waals surface area contributed by atoms with Gasteiger partial charge >= 0.3 is 0 Å². The minimum atomic E-state index is -0.126. The second-order valence-electron chi connectivity index (χ2n) is 5.90. The monoisotopic (exact) mass is 302 g/mol. The highest BCUT2D eigenvalue weighted by Crippen LogP contribution is 2.22. The molecule has 3 rings (SSSR count). The molecular weight excluding hydrogens is 280 g/mol. The number of carbonyl (C=O) groups excluding carboxylic acids is 1. The first kappa shape index (κ1) is 15.0. The molecule has 1 amide bonds. The lowest BCUT2D eigenvalue weighted by Gasteiger charge is -2.28. The number of piperidine rings is 1. The fourth-order valence-corrected chi connectivity index (χ4v) is 2.80. The summed E-state index contributed by atoms with van der Waals surface area (Å²) in [4.78, 5) is 21.7. The third-order valence-electron chi connectivity index (χ3n) is 4.25. The van der Waals surface area contributed by atoms with Crippen molar-refractivity contribution in [3.8, 4) is 0 Å². The summed E-state index contributed by atoms with van der Waals surface area (Å²) in [5.74, 6) is -0.126. The van der Waals surface area contributed by atoms with Gasteiger partial charge in [0.1, 0.15) is 12.3 Å². The molecule has 0 saturated carbocycles. The van der Waals surface area contributed by atoms with E-state index in [0.717, 1.165) is 48.2 Å². The van der Waals surface area contributed by atoms with Gasteiger partial charge < -0.3 is 19.9 Å². The van der Waals surface area contributed by atoms with E-state index in [9.17, 15) is 4.79 Å². The van der Waals surface area contributed by atoms with Gasteiger partial charge in [-0.3, -0.25) is 4.79 Å². The molecule has 0 radical (unpaired) electrons. The van der Waals surface area contributed by atoms with Crippen LogP contribution >= 0.6 is 0 Å². The largest absolute Gasteiger partial charge is 0.368 e. The second kappa shape index (κ2) is 6.46. The molecule has 6 nitrogen and oxygen atoms in total. The zero-order chi connectivity index (χ0) is 15.5. The number of anilines is 1. The van der Waals surface area contributed by atoms with E-state index in [-0.39, 0.29) is 18.6 Å². The number of nitrogens with zero attached hydrogens (tertiary/aromatic N) is 2. The zero-order valence-electron chi connectivity index (χ0n) is 13.1. The standard InChI is InChI=1S/C16H22N4O2/c1-11-13-3-6-17-16(13)18-9-14(11)19-15(21)10-22-12-4-7-20(2)8-5-12/h3,6,9,12H,4-5,7-8,10H2,1-2H3,(H,17,18)(H,19,21). The third kappa shape index (κ3) is 3.28. The van der Waals surface area contributed by atoms with E-state index < -0.39 is 0 Å². The molecule has 0 atom stereocenters. The number of hydrogen-bond donors (Lipinski definition) is 2. The molecule has 1 aliphatic heterocycles. The Morgan fingerprint density at radius 3 is 3.05 bits per heavy atom. The molecule has 6 heteroatoms. The van der Waals surface area contributed by atoms with Crippen molar-refractivity contribution in [1.29, 1.82) is 0 Å². The molecule has 2 N–H and O–H groups in total. The first-order valence-corrected chi connectivity index (χ1v) is 7.66. The van der Waals surface area contributed by atoms with Gasteiger partial charge in [-0.05, 0) is 38.4 Å². The van der Waals surface area contributed by atoms with Gasteiger partial charge in [-0.25, -0.2) is 4.98 Å². The first-order chi connectivity index (χ1) is 10.6. The predicted molar refractivity (Wildman–Crippen MR) is 85.9 cm³/mol. The summed E-state index contributed by atoms with van der Waals surface area (Å²) in [5, 5.41) is 3.91. The zero-order valence-corrected chi connectivity index (χ0v) is 13.1. The molecule has 2 aromatic heterocycles. The van der Waals surface area contributed by atoms with Crippen LogP contribution in [0.2, 0.25) is 0 Å². The smallest absolute Gasteiger partial charge is 0.250 e. The average Bonchev–Trinajstić information content (AvgIpc) is 2.99. The Balaban J connectivity index is 1.55. The number of likely N-dealkylation sites (tertiary alicyclic amines) is 1. The SMILES string of the molecule is Cc1c(NC(=O)COC2CCN(C)CC2)cnc2[nH]ccc12. The van der Waals surface area contributed by atoms with Crippen LogP contribution in [-0.4, -0.2) is 53.6 Å². The number of pyridine rings is 1. The lowest BCUT2D eigenvalue weighted by Crippen LogP contribution is -2.35. The van der Waals surface area contributed by atoms with Crippen LogP contribution < -0.4 is 5.32 Å². The summed E-state index contributed by atoms with van der Waals surface area (Å²) in [6, 6.07) is 1.96. The molecule has 1 saturated heterocycles. The van der Waals surface area contributed by atoms with Crippen molar-refractivity contribution < 1.29 is 9.53 Å². The minimum absolute atomic E-state index is 0.0962. The van der Waals surface area contributed by atoms with E-state index in [1.165, 1.54) is 0 Å². The predicted octanol–water partition coefficient (Wildman–Crippen LogP) is 1.92. The van der Waals surface area contributed by atoms with Crippen LogP contribution in [-0.2, 0) is 9.53 Å². The van der Waals surface area contributed by atoms with Gasteiger partial charge in [-0.2, -0.15) is 0 Å². The van der Waals surface area contributed by atoms with Crippen LogP contribution in [0.25, 0.3) is 11.0 Å². The average molecular weight is 302 g/mol. The van der Waals surface area contributed by atoms with Crippen LogP contribution in [0.5, 0.6) is 0 Å². The summed E-state index contributed by atoms with van der Waals surface area (Å²) in [6.45, 7) is 4.13. The first-order valence-electron chi connectivity index (χ1n) is 7.66. The van der Waals surface area contributed by atoms with E-state index in [0.29, 0.717) is 0 Å². The number of rotatable bonds is 4. The van der Waals surface area contributed by atoms with Gasteiger partial charge in [-0.15, -0.1) is 0 Å². The van der Waals surface area contributed by atoms with Crippen LogP contribution in [0.4, 0.5) is 5.69 Å². The molecule has 3 heterocycles. The molecule has 2 aromatic rings. The normalized spacial score (nSPS) is 17.0. The topological polar surface area (TPSA) is 70.2 Å². The highest BCUT2D eigenvalue weighted by atomic mass is 16.5. The molecule has 0 aromatic carbocycles. The highest BCUT2D eigenvalue weighted by Gasteiger charge is 2.18. The van der Waals surface area contributed by atoms with Crippen LogP contribution in [0.3, 0.4) is 0 Å². The van der Waals surface area contributed by atoms with Gasteiger partial charge in [0.25, 0.3) is 0 Å². The van der Waals surface area contributed by atoms with E-state index in [1.54, 1.807) is 6.20 Å². The fourth-order valence-electron chi connectivity index (χ4n) is 2.80. The number of aromatic nitrogens is 2. The van der Waals surface area contributed by atoms with Crippen LogP contribution in [0, 0.1) is 6.92 Å². The van der Waals surface area contributed by atoms with Gasteiger partial charge in [0.15, 0.2) is 0 Å². The van der Waals surface area contributed by atoms with Crippen molar-refractivity contribution in [2.45, 2.75) is 25.9 Å². The lowest BCUT2D eigenvalue weighted by atomic mass is 10.1. The summed E-state index contributed by atoms with van der Waals surface area (Å²) >= 11 is 0. The number of amides is 1. The second-order valence-corrected chi connectivity index (χ2v) is 5.90. The molecule has 118 valence electrons. The Kier molecular flexibility index (Phi) is 4.40. The summed E-state index contributed by atoms with van der Waals surface area (Å²) in [5.41, 5.74) is 2.58. The Hall–Kier alpha value is -1.92. The summed E-state index contributed by atoms with van der Waals surface area (Å²) in [6.07, 6.45) is 5.69.